The highest BCUT2D eigenvalue weighted by molar-refractivity contribution is 7.11. The molecular weight excluding hydrogens is 246 g/mol. The van der Waals surface area contributed by atoms with Gasteiger partial charge in [0.05, 0.1) is 23.7 Å². The van der Waals surface area contributed by atoms with Crippen molar-refractivity contribution < 1.29 is 5.11 Å². The molecule has 1 aromatic rings. The van der Waals surface area contributed by atoms with Crippen LogP contribution in [0.1, 0.15) is 35.3 Å². The van der Waals surface area contributed by atoms with Crippen molar-refractivity contribution >= 4 is 11.3 Å². The first-order valence-corrected chi connectivity index (χ1v) is 7.42. The predicted octanol–water partition coefficient (Wildman–Crippen LogP) is 1.51. The molecule has 1 aliphatic heterocycles. The molecule has 1 aliphatic rings. The molecule has 2 heterocycles. The van der Waals surface area contributed by atoms with Crippen LogP contribution in [0.25, 0.3) is 0 Å². The number of likely N-dealkylation sites (N-methyl/N-ethyl adjacent to an activating group) is 1. The standard InChI is InChI=1S/C13H23N3OS/c1-10(2)13-11(9-17)18-12(14-13)8-16-6-4-15(3)5-7-16/h10,17H,4-9H2,1-3H3. The summed E-state index contributed by atoms with van der Waals surface area (Å²) in [7, 11) is 2.17. The van der Waals surface area contributed by atoms with Gasteiger partial charge < -0.3 is 10.0 Å². The number of rotatable bonds is 4. The van der Waals surface area contributed by atoms with Crippen molar-refractivity contribution in [1.29, 1.82) is 0 Å². The molecule has 0 spiro atoms. The number of hydrogen-bond donors (Lipinski definition) is 1. The van der Waals surface area contributed by atoms with Gasteiger partial charge in [0.2, 0.25) is 0 Å². The number of nitrogens with zero attached hydrogens (tertiary/aromatic N) is 3. The number of aliphatic hydroxyl groups excluding tert-OH is 1. The summed E-state index contributed by atoms with van der Waals surface area (Å²) in [6.07, 6.45) is 0. The molecule has 102 valence electrons. The summed E-state index contributed by atoms with van der Waals surface area (Å²) in [6.45, 7) is 9.81. The molecular formula is C13H23N3OS. The minimum absolute atomic E-state index is 0.119. The Hall–Kier alpha value is -0.490. The van der Waals surface area contributed by atoms with E-state index in [1.54, 1.807) is 11.3 Å². The molecule has 1 saturated heterocycles. The van der Waals surface area contributed by atoms with Crippen LogP contribution in [-0.2, 0) is 13.2 Å². The number of aromatic nitrogens is 1. The second kappa shape index (κ2) is 6.10. The predicted molar refractivity (Wildman–Crippen MR) is 74.9 cm³/mol. The van der Waals surface area contributed by atoms with Crippen LogP contribution in [0.2, 0.25) is 0 Å². The summed E-state index contributed by atoms with van der Waals surface area (Å²) in [5, 5.41) is 10.5. The number of thiazole rings is 1. The van der Waals surface area contributed by atoms with E-state index in [0.717, 1.165) is 48.3 Å². The maximum Gasteiger partial charge on any atom is 0.107 e. The van der Waals surface area contributed by atoms with E-state index in [4.69, 9.17) is 4.98 Å². The Morgan fingerprint density at radius 1 is 1.28 bits per heavy atom. The molecule has 0 bridgehead atoms. The van der Waals surface area contributed by atoms with Crippen molar-refractivity contribution in [2.45, 2.75) is 32.9 Å². The quantitative estimate of drug-likeness (QED) is 0.899. The Morgan fingerprint density at radius 3 is 2.44 bits per heavy atom. The van der Waals surface area contributed by atoms with Gasteiger partial charge in [-0.05, 0) is 13.0 Å². The maximum absolute atomic E-state index is 9.37. The van der Waals surface area contributed by atoms with E-state index in [9.17, 15) is 5.11 Å². The van der Waals surface area contributed by atoms with Gasteiger partial charge in [-0.3, -0.25) is 4.90 Å². The van der Waals surface area contributed by atoms with Crippen LogP contribution in [0, 0.1) is 0 Å². The second-order valence-corrected chi connectivity index (χ2v) is 6.48. The largest absolute Gasteiger partial charge is 0.391 e. The van der Waals surface area contributed by atoms with Gasteiger partial charge in [-0.25, -0.2) is 4.98 Å². The van der Waals surface area contributed by atoms with Crippen molar-refractivity contribution in [3.05, 3.63) is 15.6 Å². The molecule has 18 heavy (non-hydrogen) atoms. The Labute approximate surface area is 113 Å². The van der Waals surface area contributed by atoms with Gasteiger partial charge in [0.25, 0.3) is 0 Å². The molecule has 1 N–H and O–H groups in total. The molecule has 1 fully saturated rings. The first kappa shape index (κ1) is 13.9. The van der Waals surface area contributed by atoms with Crippen LogP contribution in [-0.4, -0.2) is 53.1 Å². The fourth-order valence-corrected chi connectivity index (χ4v) is 3.37. The molecule has 5 heteroatoms. The lowest BCUT2D eigenvalue weighted by atomic mass is 10.1. The van der Waals surface area contributed by atoms with E-state index in [-0.39, 0.29) is 6.61 Å². The van der Waals surface area contributed by atoms with Gasteiger partial charge in [-0.1, -0.05) is 13.8 Å². The van der Waals surface area contributed by atoms with Crippen molar-refractivity contribution in [3.8, 4) is 0 Å². The summed E-state index contributed by atoms with van der Waals surface area (Å²) in [6, 6.07) is 0. The minimum atomic E-state index is 0.119. The van der Waals surface area contributed by atoms with E-state index in [1.807, 2.05) is 0 Å². The maximum atomic E-state index is 9.37. The zero-order valence-corrected chi connectivity index (χ0v) is 12.3. The van der Waals surface area contributed by atoms with Gasteiger partial charge in [-0.2, -0.15) is 0 Å². The van der Waals surface area contributed by atoms with E-state index >= 15 is 0 Å². The third-order valence-corrected chi connectivity index (χ3v) is 4.46. The lowest BCUT2D eigenvalue weighted by Gasteiger charge is -2.31. The molecule has 0 amide bonds. The topological polar surface area (TPSA) is 39.6 Å². The monoisotopic (exact) mass is 269 g/mol. The second-order valence-electron chi connectivity index (χ2n) is 5.31. The first-order chi connectivity index (χ1) is 8.60. The van der Waals surface area contributed by atoms with Crippen LogP contribution >= 0.6 is 11.3 Å². The fourth-order valence-electron chi connectivity index (χ4n) is 2.24. The van der Waals surface area contributed by atoms with Gasteiger partial charge >= 0.3 is 0 Å². The molecule has 0 radical (unpaired) electrons. The van der Waals surface area contributed by atoms with Crippen LogP contribution in [0.4, 0.5) is 0 Å². The van der Waals surface area contributed by atoms with Crippen molar-refractivity contribution in [2.24, 2.45) is 0 Å². The lowest BCUT2D eigenvalue weighted by Crippen LogP contribution is -2.43. The molecule has 0 unspecified atom stereocenters. The first-order valence-electron chi connectivity index (χ1n) is 6.60. The van der Waals surface area contributed by atoms with Crippen LogP contribution in [0.5, 0.6) is 0 Å². The van der Waals surface area contributed by atoms with Crippen LogP contribution < -0.4 is 0 Å². The fraction of sp³-hybridized carbons (Fsp3) is 0.769. The Kier molecular flexibility index (Phi) is 4.72. The number of hydrogen-bond acceptors (Lipinski definition) is 5. The summed E-state index contributed by atoms with van der Waals surface area (Å²) >= 11 is 1.67. The SMILES string of the molecule is CC(C)c1nc(CN2CCN(C)CC2)sc1CO. The highest BCUT2D eigenvalue weighted by atomic mass is 32.1. The summed E-state index contributed by atoms with van der Waals surface area (Å²) in [4.78, 5) is 10.5. The van der Waals surface area contributed by atoms with E-state index in [2.05, 4.69) is 30.7 Å². The molecule has 4 nitrogen and oxygen atoms in total. The molecule has 0 atom stereocenters. The van der Waals surface area contributed by atoms with Gasteiger partial charge in [0.15, 0.2) is 0 Å². The van der Waals surface area contributed by atoms with Gasteiger partial charge in [0, 0.05) is 26.2 Å². The lowest BCUT2D eigenvalue weighted by molar-refractivity contribution is 0.148. The summed E-state index contributed by atoms with van der Waals surface area (Å²) in [5.74, 6) is 0.393. The normalized spacial score (nSPS) is 18.7. The Bertz CT molecular complexity index is 384. The zero-order chi connectivity index (χ0) is 13.1. The molecule has 2 rings (SSSR count). The number of aliphatic hydroxyl groups is 1. The third kappa shape index (κ3) is 3.29. The Balaban J connectivity index is 2.01. The van der Waals surface area contributed by atoms with Crippen LogP contribution in [0.3, 0.4) is 0 Å². The van der Waals surface area contributed by atoms with Gasteiger partial charge in [-0.15, -0.1) is 11.3 Å². The average molecular weight is 269 g/mol. The van der Waals surface area contributed by atoms with Crippen molar-refractivity contribution in [1.82, 2.24) is 14.8 Å². The average Bonchev–Trinajstić information content (AvgIpc) is 2.75. The van der Waals surface area contributed by atoms with Crippen molar-refractivity contribution in [3.63, 3.8) is 0 Å². The smallest absolute Gasteiger partial charge is 0.107 e. The Morgan fingerprint density at radius 2 is 1.94 bits per heavy atom. The highest BCUT2D eigenvalue weighted by Crippen LogP contribution is 2.26. The number of piperazine rings is 1. The summed E-state index contributed by atoms with van der Waals surface area (Å²) in [5.41, 5.74) is 1.08. The van der Waals surface area contributed by atoms with E-state index in [0.29, 0.717) is 5.92 Å². The molecule has 0 aromatic carbocycles. The molecule has 1 aromatic heterocycles. The van der Waals surface area contributed by atoms with Crippen molar-refractivity contribution in [2.75, 3.05) is 33.2 Å². The highest BCUT2D eigenvalue weighted by Gasteiger charge is 2.18. The molecule has 0 aliphatic carbocycles. The molecule has 0 saturated carbocycles. The minimum Gasteiger partial charge on any atom is -0.391 e. The van der Waals surface area contributed by atoms with E-state index in [1.165, 1.54) is 0 Å². The van der Waals surface area contributed by atoms with E-state index < -0.39 is 0 Å². The van der Waals surface area contributed by atoms with Crippen LogP contribution in [0.15, 0.2) is 0 Å². The zero-order valence-electron chi connectivity index (χ0n) is 11.5. The summed E-state index contributed by atoms with van der Waals surface area (Å²) < 4.78 is 0. The third-order valence-electron chi connectivity index (χ3n) is 3.42. The van der Waals surface area contributed by atoms with Gasteiger partial charge in [0.1, 0.15) is 5.01 Å².